The average Bonchev–Trinajstić information content (AvgIpc) is 2.58. The molecular weight excluding hydrogens is 162 g/mol. The van der Waals surface area contributed by atoms with Gasteiger partial charge in [-0.25, -0.2) is 0 Å². The zero-order chi connectivity index (χ0) is 9.10. The lowest BCUT2D eigenvalue weighted by Gasteiger charge is -2.12. The van der Waals surface area contributed by atoms with Gasteiger partial charge in [0.25, 0.3) is 0 Å². The number of hydrogen-bond acceptors (Lipinski definition) is 2. The summed E-state index contributed by atoms with van der Waals surface area (Å²) in [6.07, 6.45) is 2.33. The third kappa shape index (κ3) is 1.74. The molecule has 2 nitrogen and oxygen atoms in total. The summed E-state index contributed by atoms with van der Waals surface area (Å²) in [4.78, 5) is 0. The van der Waals surface area contributed by atoms with E-state index in [1.54, 1.807) is 0 Å². The minimum atomic E-state index is 0.221. The highest BCUT2D eigenvalue weighted by molar-refractivity contribution is 5.34. The van der Waals surface area contributed by atoms with Gasteiger partial charge in [-0.2, -0.15) is 0 Å². The van der Waals surface area contributed by atoms with Crippen molar-refractivity contribution < 1.29 is 5.11 Å². The first-order valence-electron chi connectivity index (χ1n) is 4.84. The summed E-state index contributed by atoms with van der Waals surface area (Å²) < 4.78 is 0. The van der Waals surface area contributed by atoms with Crippen molar-refractivity contribution in [3.63, 3.8) is 0 Å². The number of hydrogen-bond donors (Lipinski definition) is 2. The Hall–Kier alpha value is -0.860. The van der Waals surface area contributed by atoms with E-state index in [9.17, 15) is 0 Å². The Kier molecular flexibility index (Phi) is 2.62. The molecule has 1 atom stereocenters. The maximum absolute atomic E-state index is 8.71. The van der Waals surface area contributed by atoms with Gasteiger partial charge in [-0.3, -0.25) is 0 Å². The van der Waals surface area contributed by atoms with Crippen molar-refractivity contribution in [1.82, 2.24) is 5.32 Å². The van der Waals surface area contributed by atoms with Crippen LogP contribution in [0.5, 0.6) is 0 Å². The van der Waals surface area contributed by atoms with E-state index in [4.69, 9.17) is 5.11 Å². The van der Waals surface area contributed by atoms with Crippen molar-refractivity contribution in [1.29, 1.82) is 0 Å². The summed E-state index contributed by atoms with van der Waals surface area (Å²) in [5.74, 6) is 0. The van der Waals surface area contributed by atoms with Crippen molar-refractivity contribution in [2.45, 2.75) is 18.9 Å². The smallest absolute Gasteiger partial charge is 0.0556 e. The van der Waals surface area contributed by atoms with E-state index in [1.165, 1.54) is 24.0 Å². The average molecular weight is 177 g/mol. The lowest BCUT2D eigenvalue weighted by Crippen LogP contribution is -2.22. The summed E-state index contributed by atoms with van der Waals surface area (Å²) in [5.41, 5.74) is 2.87. The second-order valence-electron chi connectivity index (χ2n) is 3.47. The number of benzene rings is 1. The number of nitrogens with one attached hydrogen (secondary N) is 1. The molecule has 2 heteroatoms. The van der Waals surface area contributed by atoms with Gasteiger partial charge < -0.3 is 10.4 Å². The summed E-state index contributed by atoms with van der Waals surface area (Å²) >= 11 is 0. The monoisotopic (exact) mass is 177 g/mol. The molecule has 70 valence electrons. The minimum absolute atomic E-state index is 0.221. The lowest BCUT2D eigenvalue weighted by atomic mass is 10.1. The van der Waals surface area contributed by atoms with Gasteiger partial charge in [-0.1, -0.05) is 24.3 Å². The van der Waals surface area contributed by atoms with Crippen molar-refractivity contribution in [3.05, 3.63) is 35.4 Å². The predicted molar refractivity (Wildman–Crippen MR) is 52.6 cm³/mol. The van der Waals surface area contributed by atoms with Crippen LogP contribution in [0, 0.1) is 0 Å². The second kappa shape index (κ2) is 3.90. The molecule has 0 heterocycles. The fraction of sp³-hybridized carbons (Fsp3) is 0.455. The molecule has 0 aliphatic heterocycles. The first kappa shape index (κ1) is 8.73. The molecule has 1 aliphatic rings. The maximum atomic E-state index is 8.71. The van der Waals surface area contributed by atoms with Crippen LogP contribution < -0.4 is 5.32 Å². The fourth-order valence-corrected chi connectivity index (χ4v) is 2.01. The van der Waals surface area contributed by atoms with Crippen LogP contribution in [-0.4, -0.2) is 18.3 Å². The molecule has 1 aliphatic carbocycles. The van der Waals surface area contributed by atoms with Crippen LogP contribution in [-0.2, 0) is 6.42 Å². The molecule has 0 radical (unpaired) electrons. The topological polar surface area (TPSA) is 32.3 Å². The van der Waals surface area contributed by atoms with E-state index in [-0.39, 0.29) is 6.61 Å². The molecule has 0 aromatic heterocycles. The number of aliphatic hydroxyl groups is 1. The molecule has 0 spiro atoms. The van der Waals surface area contributed by atoms with E-state index in [0.717, 1.165) is 0 Å². The van der Waals surface area contributed by atoms with Crippen LogP contribution in [0.15, 0.2) is 24.3 Å². The molecule has 13 heavy (non-hydrogen) atoms. The fourth-order valence-electron chi connectivity index (χ4n) is 2.01. The Labute approximate surface area is 78.6 Å². The van der Waals surface area contributed by atoms with E-state index in [2.05, 4.69) is 29.6 Å². The van der Waals surface area contributed by atoms with E-state index in [0.29, 0.717) is 12.6 Å². The quantitative estimate of drug-likeness (QED) is 0.728. The van der Waals surface area contributed by atoms with Crippen LogP contribution in [0.4, 0.5) is 0 Å². The summed E-state index contributed by atoms with van der Waals surface area (Å²) in [5, 5.41) is 12.0. The molecule has 1 aromatic rings. The summed E-state index contributed by atoms with van der Waals surface area (Å²) in [7, 11) is 0. The number of aryl methyl sites for hydroxylation is 1. The van der Waals surface area contributed by atoms with Crippen LogP contribution in [0.25, 0.3) is 0 Å². The van der Waals surface area contributed by atoms with Crippen LogP contribution in [0.1, 0.15) is 23.6 Å². The highest BCUT2D eigenvalue weighted by Gasteiger charge is 2.20. The van der Waals surface area contributed by atoms with Crippen LogP contribution >= 0.6 is 0 Å². The number of rotatable bonds is 3. The van der Waals surface area contributed by atoms with Gasteiger partial charge >= 0.3 is 0 Å². The third-order valence-corrected chi connectivity index (χ3v) is 2.64. The predicted octanol–water partition coefficient (Wildman–Crippen LogP) is 1.26. The van der Waals surface area contributed by atoms with Gasteiger partial charge in [-0.05, 0) is 24.0 Å². The van der Waals surface area contributed by atoms with E-state index < -0.39 is 0 Å². The second-order valence-corrected chi connectivity index (χ2v) is 3.47. The molecule has 0 amide bonds. The Morgan fingerprint density at radius 1 is 1.38 bits per heavy atom. The molecule has 0 fully saturated rings. The van der Waals surface area contributed by atoms with Crippen molar-refractivity contribution in [3.8, 4) is 0 Å². The SMILES string of the molecule is OCCNC1CCc2ccccc21. The van der Waals surface area contributed by atoms with Crippen molar-refractivity contribution >= 4 is 0 Å². The lowest BCUT2D eigenvalue weighted by molar-refractivity contribution is 0.284. The maximum Gasteiger partial charge on any atom is 0.0556 e. The van der Waals surface area contributed by atoms with Gasteiger partial charge in [0.15, 0.2) is 0 Å². The largest absolute Gasteiger partial charge is 0.395 e. The molecule has 0 bridgehead atoms. The first-order valence-corrected chi connectivity index (χ1v) is 4.84. The molecular formula is C11H15NO. The molecule has 1 aromatic carbocycles. The highest BCUT2D eigenvalue weighted by Crippen LogP contribution is 2.30. The van der Waals surface area contributed by atoms with Gasteiger partial charge in [-0.15, -0.1) is 0 Å². The van der Waals surface area contributed by atoms with Gasteiger partial charge in [0, 0.05) is 12.6 Å². The zero-order valence-corrected chi connectivity index (χ0v) is 7.66. The Morgan fingerprint density at radius 3 is 3.08 bits per heavy atom. The molecule has 2 rings (SSSR count). The molecule has 0 saturated heterocycles. The molecule has 2 N–H and O–H groups in total. The highest BCUT2D eigenvalue weighted by atomic mass is 16.3. The summed E-state index contributed by atoms with van der Waals surface area (Å²) in [6, 6.07) is 9.00. The van der Waals surface area contributed by atoms with Gasteiger partial charge in [0.1, 0.15) is 0 Å². The standard InChI is InChI=1S/C11H15NO/c13-8-7-12-11-6-5-9-3-1-2-4-10(9)11/h1-4,11-13H,5-8H2. The third-order valence-electron chi connectivity index (χ3n) is 2.64. The zero-order valence-electron chi connectivity index (χ0n) is 7.66. The van der Waals surface area contributed by atoms with Crippen LogP contribution in [0.3, 0.4) is 0 Å². The Morgan fingerprint density at radius 2 is 2.23 bits per heavy atom. The number of aliphatic hydroxyl groups excluding tert-OH is 1. The van der Waals surface area contributed by atoms with Gasteiger partial charge in [0.05, 0.1) is 6.61 Å². The number of fused-ring (bicyclic) bond motifs is 1. The molecule has 0 saturated carbocycles. The minimum Gasteiger partial charge on any atom is -0.395 e. The van der Waals surface area contributed by atoms with Crippen molar-refractivity contribution in [2.24, 2.45) is 0 Å². The Balaban J connectivity index is 2.09. The normalized spacial score (nSPS) is 20.2. The van der Waals surface area contributed by atoms with Crippen molar-refractivity contribution in [2.75, 3.05) is 13.2 Å². The van der Waals surface area contributed by atoms with Gasteiger partial charge in [0.2, 0.25) is 0 Å². The molecule has 1 unspecified atom stereocenters. The first-order chi connectivity index (χ1) is 6.42. The van der Waals surface area contributed by atoms with E-state index >= 15 is 0 Å². The van der Waals surface area contributed by atoms with Crippen LogP contribution in [0.2, 0.25) is 0 Å². The Bertz CT molecular complexity index is 285. The summed E-state index contributed by atoms with van der Waals surface area (Å²) in [6.45, 7) is 0.914. The van der Waals surface area contributed by atoms with E-state index in [1.807, 2.05) is 0 Å².